The Morgan fingerprint density at radius 1 is 1.20 bits per heavy atom. The summed E-state index contributed by atoms with van der Waals surface area (Å²) >= 11 is 5.21. The number of piperazine rings is 1. The van der Waals surface area contributed by atoms with E-state index in [1.165, 1.54) is 5.56 Å². The molecule has 1 fully saturated rings. The molecule has 0 saturated carbocycles. The van der Waals surface area contributed by atoms with E-state index in [1.54, 1.807) is 11.3 Å². The van der Waals surface area contributed by atoms with Gasteiger partial charge in [-0.25, -0.2) is 4.98 Å². The van der Waals surface area contributed by atoms with Crippen LogP contribution in [0.1, 0.15) is 5.56 Å². The fraction of sp³-hybridized carbons (Fsp3) is 0.357. The molecular weight excluding hydrogens is 336 g/mol. The number of halogens is 1. The SMILES string of the molecule is Nc1cc(Br)cc(CN2CCN(c3nccs3)CC2)c1. The van der Waals surface area contributed by atoms with Crippen LogP contribution in [0.25, 0.3) is 0 Å². The number of rotatable bonds is 3. The maximum absolute atomic E-state index is 5.89. The summed E-state index contributed by atoms with van der Waals surface area (Å²) < 4.78 is 1.05. The van der Waals surface area contributed by atoms with Crippen LogP contribution in [0.3, 0.4) is 0 Å². The van der Waals surface area contributed by atoms with Crippen LogP contribution >= 0.6 is 27.3 Å². The number of hydrogen-bond donors (Lipinski definition) is 1. The minimum absolute atomic E-state index is 0.816. The second kappa shape index (κ2) is 6.11. The maximum atomic E-state index is 5.89. The number of aromatic nitrogens is 1. The molecule has 1 saturated heterocycles. The standard InChI is InChI=1S/C14H17BrN4S/c15-12-7-11(8-13(16)9-12)10-18-2-4-19(5-3-18)14-17-1-6-20-14/h1,6-9H,2-5,10,16H2. The van der Waals surface area contributed by atoms with Gasteiger partial charge < -0.3 is 10.6 Å². The number of anilines is 2. The maximum Gasteiger partial charge on any atom is 0.185 e. The summed E-state index contributed by atoms with van der Waals surface area (Å²) in [6, 6.07) is 6.13. The van der Waals surface area contributed by atoms with Gasteiger partial charge >= 0.3 is 0 Å². The second-order valence-corrected chi connectivity index (χ2v) is 6.76. The van der Waals surface area contributed by atoms with E-state index < -0.39 is 0 Å². The number of hydrogen-bond acceptors (Lipinski definition) is 5. The first-order valence-electron chi connectivity index (χ1n) is 6.62. The third-order valence-corrected chi connectivity index (χ3v) is 4.74. The van der Waals surface area contributed by atoms with Crippen molar-refractivity contribution < 1.29 is 0 Å². The highest BCUT2D eigenvalue weighted by molar-refractivity contribution is 9.10. The number of nitrogen functional groups attached to an aromatic ring is 1. The molecule has 0 aliphatic carbocycles. The molecule has 0 unspecified atom stereocenters. The van der Waals surface area contributed by atoms with Gasteiger partial charge in [-0.15, -0.1) is 11.3 Å². The molecule has 0 amide bonds. The molecule has 0 radical (unpaired) electrons. The van der Waals surface area contributed by atoms with Crippen LogP contribution < -0.4 is 10.6 Å². The second-order valence-electron chi connectivity index (χ2n) is 4.97. The zero-order valence-corrected chi connectivity index (χ0v) is 13.5. The fourth-order valence-corrected chi connectivity index (χ4v) is 3.75. The van der Waals surface area contributed by atoms with Crippen LogP contribution in [0.5, 0.6) is 0 Å². The van der Waals surface area contributed by atoms with Crippen LogP contribution in [0, 0.1) is 0 Å². The number of nitrogens with two attached hydrogens (primary N) is 1. The van der Waals surface area contributed by atoms with E-state index in [-0.39, 0.29) is 0 Å². The van der Waals surface area contributed by atoms with Gasteiger partial charge in [0.05, 0.1) is 0 Å². The van der Waals surface area contributed by atoms with E-state index >= 15 is 0 Å². The molecular formula is C14H17BrN4S. The lowest BCUT2D eigenvalue weighted by Gasteiger charge is -2.34. The summed E-state index contributed by atoms with van der Waals surface area (Å²) in [5, 5.41) is 3.17. The molecule has 0 bridgehead atoms. The summed E-state index contributed by atoms with van der Waals surface area (Å²) in [4.78, 5) is 9.20. The molecule has 2 N–H and O–H groups in total. The van der Waals surface area contributed by atoms with Gasteiger partial charge in [0, 0.05) is 54.5 Å². The highest BCUT2D eigenvalue weighted by Crippen LogP contribution is 2.21. The minimum Gasteiger partial charge on any atom is -0.399 e. The quantitative estimate of drug-likeness (QED) is 0.862. The predicted molar refractivity (Wildman–Crippen MR) is 88.2 cm³/mol. The van der Waals surface area contributed by atoms with Crippen molar-refractivity contribution in [3.05, 3.63) is 39.8 Å². The number of thiazole rings is 1. The molecule has 0 spiro atoms. The first-order valence-corrected chi connectivity index (χ1v) is 8.30. The summed E-state index contributed by atoms with van der Waals surface area (Å²) in [6.07, 6.45) is 1.87. The van der Waals surface area contributed by atoms with Crippen molar-refractivity contribution in [2.24, 2.45) is 0 Å². The average Bonchev–Trinajstić information content (AvgIpc) is 2.92. The van der Waals surface area contributed by atoms with Gasteiger partial charge in [0.2, 0.25) is 0 Å². The monoisotopic (exact) mass is 352 g/mol. The zero-order chi connectivity index (χ0) is 13.9. The van der Waals surface area contributed by atoms with Gasteiger partial charge in [-0.3, -0.25) is 4.90 Å². The zero-order valence-electron chi connectivity index (χ0n) is 11.1. The topological polar surface area (TPSA) is 45.4 Å². The summed E-state index contributed by atoms with van der Waals surface area (Å²) in [6.45, 7) is 5.15. The Kier molecular flexibility index (Phi) is 4.24. The largest absolute Gasteiger partial charge is 0.399 e. The lowest BCUT2D eigenvalue weighted by Crippen LogP contribution is -2.45. The van der Waals surface area contributed by atoms with E-state index in [1.807, 2.05) is 17.6 Å². The average molecular weight is 353 g/mol. The lowest BCUT2D eigenvalue weighted by atomic mass is 10.2. The molecule has 1 aromatic carbocycles. The molecule has 4 nitrogen and oxygen atoms in total. The van der Waals surface area contributed by atoms with Crippen molar-refractivity contribution in [1.29, 1.82) is 0 Å². The first-order chi connectivity index (χ1) is 9.70. The molecule has 1 aliphatic heterocycles. The Hall–Kier alpha value is -1.11. The van der Waals surface area contributed by atoms with Crippen molar-refractivity contribution in [1.82, 2.24) is 9.88 Å². The van der Waals surface area contributed by atoms with Gasteiger partial charge in [-0.2, -0.15) is 0 Å². The Labute approximate surface area is 131 Å². The van der Waals surface area contributed by atoms with Crippen LogP contribution in [-0.4, -0.2) is 36.1 Å². The van der Waals surface area contributed by atoms with Crippen molar-refractivity contribution in [2.45, 2.75) is 6.54 Å². The van der Waals surface area contributed by atoms with Crippen molar-refractivity contribution in [2.75, 3.05) is 36.8 Å². The molecule has 1 aliphatic rings. The van der Waals surface area contributed by atoms with Crippen molar-refractivity contribution >= 4 is 38.1 Å². The lowest BCUT2D eigenvalue weighted by molar-refractivity contribution is 0.250. The molecule has 0 atom stereocenters. The van der Waals surface area contributed by atoms with Gasteiger partial charge in [0.1, 0.15) is 0 Å². The summed E-state index contributed by atoms with van der Waals surface area (Å²) in [5.74, 6) is 0. The van der Waals surface area contributed by atoms with Crippen LogP contribution in [0.15, 0.2) is 34.2 Å². The Bertz CT molecular complexity index is 544. The number of benzene rings is 1. The molecule has 2 aromatic rings. The van der Waals surface area contributed by atoms with Gasteiger partial charge in [0.15, 0.2) is 5.13 Å². The van der Waals surface area contributed by atoms with E-state index in [2.05, 4.69) is 42.8 Å². The molecule has 1 aromatic heterocycles. The smallest absolute Gasteiger partial charge is 0.185 e. The Morgan fingerprint density at radius 2 is 2.00 bits per heavy atom. The third-order valence-electron chi connectivity index (χ3n) is 3.45. The Morgan fingerprint density at radius 3 is 2.65 bits per heavy atom. The van der Waals surface area contributed by atoms with E-state index in [0.29, 0.717) is 0 Å². The molecule has 20 heavy (non-hydrogen) atoms. The fourth-order valence-electron chi connectivity index (χ4n) is 2.49. The summed E-state index contributed by atoms with van der Waals surface area (Å²) in [5.41, 5.74) is 7.97. The highest BCUT2D eigenvalue weighted by Gasteiger charge is 2.18. The highest BCUT2D eigenvalue weighted by atomic mass is 79.9. The number of nitrogens with zero attached hydrogens (tertiary/aromatic N) is 3. The van der Waals surface area contributed by atoms with Gasteiger partial charge in [-0.1, -0.05) is 15.9 Å². The third kappa shape index (κ3) is 3.31. The molecule has 2 heterocycles. The van der Waals surface area contributed by atoms with Crippen molar-refractivity contribution in [3.8, 4) is 0 Å². The predicted octanol–water partition coefficient (Wildman–Crippen LogP) is 2.81. The Balaban J connectivity index is 1.58. The van der Waals surface area contributed by atoms with Gasteiger partial charge in [0.25, 0.3) is 0 Å². The van der Waals surface area contributed by atoms with E-state index in [4.69, 9.17) is 5.73 Å². The normalized spacial score (nSPS) is 16.6. The molecule has 3 rings (SSSR count). The van der Waals surface area contributed by atoms with E-state index in [0.717, 1.165) is 48.0 Å². The van der Waals surface area contributed by atoms with Crippen LogP contribution in [0.2, 0.25) is 0 Å². The van der Waals surface area contributed by atoms with Gasteiger partial charge in [-0.05, 0) is 23.8 Å². The van der Waals surface area contributed by atoms with Crippen LogP contribution in [0.4, 0.5) is 10.8 Å². The first kappa shape index (κ1) is 13.9. The van der Waals surface area contributed by atoms with Crippen LogP contribution in [-0.2, 0) is 6.54 Å². The summed E-state index contributed by atoms with van der Waals surface area (Å²) in [7, 11) is 0. The van der Waals surface area contributed by atoms with Crippen molar-refractivity contribution in [3.63, 3.8) is 0 Å². The molecule has 106 valence electrons. The molecule has 6 heteroatoms. The minimum atomic E-state index is 0.816. The van der Waals surface area contributed by atoms with E-state index in [9.17, 15) is 0 Å².